The Labute approximate surface area is 213 Å². The van der Waals surface area contributed by atoms with Crippen LogP contribution in [0.25, 0.3) is 11.5 Å². The van der Waals surface area contributed by atoms with Gasteiger partial charge in [-0.25, -0.2) is 8.42 Å². The summed E-state index contributed by atoms with van der Waals surface area (Å²) in [5.41, 5.74) is 2.85. The van der Waals surface area contributed by atoms with Crippen molar-refractivity contribution in [2.24, 2.45) is 0 Å². The van der Waals surface area contributed by atoms with Gasteiger partial charge in [-0.2, -0.15) is 0 Å². The summed E-state index contributed by atoms with van der Waals surface area (Å²) in [5.74, 6) is 0.775. The Morgan fingerprint density at radius 1 is 1.00 bits per heavy atom. The normalized spacial score (nSPS) is 11.2. The van der Waals surface area contributed by atoms with E-state index in [2.05, 4.69) is 20.2 Å². The molecule has 0 fully saturated rings. The summed E-state index contributed by atoms with van der Waals surface area (Å²) in [5, 5.41) is 11.2. The Kier molecular flexibility index (Phi) is 7.91. The van der Waals surface area contributed by atoms with E-state index in [9.17, 15) is 13.2 Å². The molecule has 186 valence electrons. The van der Waals surface area contributed by atoms with E-state index in [1.54, 1.807) is 36.4 Å². The van der Waals surface area contributed by atoms with Crippen LogP contribution in [-0.4, -0.2) is 37.4 Å². The highest BCUT2D eigenvalue weighted by atomic mass is 32.2. The molecule has 0 aliphatic heterocycles. The van der Waals surface area contributed by atoms with E-state index in [-0.39, 0.29) is 27.7 Å². The van der Waals surface area contributed by atoms with Crippen molar-refractivity contribution >= 4 is 39.1 Å². The number of aromatic nitrogens is 2. The number of methoxy groups -OCH3 is 1. The second-order valence-corrected chi connectivity index (χ2v) is 10.2. The van der Waals surface area contributed by atoms with Crippen LogP contribution in [0.4, 0.5) is 11.4 Å². The first-order chi connectivity index (χ1) is 17.4. The molecular formula is C25H24N4O5S2. The molecule has 36 heavy (non-hydrogen) atoms. The highest BCUT2D eigenvalue weighted by Gasteiger charge is 2.16. The molecule has 0 radical (unpaired) electrons. The molecular weight excluding hydrogens is 500 g/mol. The van der Waals surface area contributed by atoms with Crippen molar-refractivity contribution in [2.45, 2.75) is 23.5 Å². The summed E-state index contributed by atoms with van der Waals surface area (Å²) in [6.07, 6.45) is 0.818. The van der Waals surface area contributed by atoms with Gasteiger partial charge >= 0.3 is 0 Å². The van der Waals surface area contributed by atoms with E-state index in [0.717, 1.165) is 29.4 Å². The molecule has 0 saturated carbocycles. The fourth-order valence-electron chi connectivity index (χ4n) is 3.30. The molecule has 11 heteroatoms. The highest BCUT2D eigenvalue weighted by Crippen LogP contribution is 2.26. The van der Waals surface area contributed by atoms with Gasteiger partial charge < -0.3 is 14.5 Å². The van der Waals surface area contributed by atoms with Crippen LogP contribution in [0.3, 0.4) is 0 Å². The van der Waals surface area contributed by atoms with Crippen LogP contribution in [0.15, 0.2) is 87.3 Å². The number of para-hydroxylation sites is 1. The SMILES string of the molecule is CCc1ccccc1NC(=O)CSc1nnc(-c2ccc(NS(=O)(=O)c3ccc(OC)cc3)cc2)o1. The number of carbonyl (C=O) groups excluding carboxylic acids is 1. The third-order valence-electron chi connectivity index (χ3n) is 5.16. The smallest absolute Gasteiger partial charge is 0.277 e. The largest absolute Gasteiger partial charge is 0.497 e. The Hall–Kier alpha value is -3.83. The summed E-state index contributed by atoms with van der Waals surface area (Å²) in [4.78, 5) is 12.5. The number of thioether (sulfide) groups is 1. The zero-order chi connectivity index (χ0) is 25.5. The van der Waals surface area contributed by atoms with E-state index in [1.165, 1.54) is 19.2 Å². The predicted octanol–water partition coefficient (Wildman–Crippen LogP) is 4.84. The molecule has 1 amide bonds. The first kappa shape index (κ1) is 25.3. The number of hydrogen-bond acceptors (Lipinski definition) is 8. The van der Waals surface area contributed by atoms with Crippen LogP contribution in [0.1, 0.15) is 12.5 Å². The summed E-state index contributed by atoms with van der Waals surface area (Å²) in [6.45, 7) is 2.03. The number of nitrogens with zero attached hydrogens (tertiary/aromatic N) is 2. The number of sulfonamides is 1. The van der Waals surface area contributed by atoms with Gasteiger partial charge in [-0.3, -0.25) is 9.52 Å². The van der Waals surface area contributed by atoms with Crippen molar-refractivity contribution in [3.05, 3.63) is 78.4 Å². The lowest BCUT2D eigenvalue weighted by Crippen LogP contribution is -2.15. The van der Waals surface area contributed by atoms with Crippen LogP contribution < -0.4 is 14.8 Å². The van der Waals surface area contributed by atoms with E-state index in [0.29, 0.717) is 17.0 Å². The van der Waals surface area contributed by atoms with E-state index in [4.69, 9.17) is 9.15 Å². The molecule has 0 aliphatic rings. The predicted molar refractivity (Wildman–Crippen MR) is 139 cm³/mol. The first-order valence-electron chi connectivity index (χ1n) is 11.0. The monoisotopic (exact) mass is 524 g/mol. The Morgan fingerprint density at radius 2 is 1.72 bits per heavy atom. The average molecular weight is 525 g/mol. The fourth-order valence-corrected chi connectivity index (χ4v) is 4.92. The van der Waals surface area contributed by atoms with Gasteiger partial charge in [0.1, 0.15) is 5.75 Å². The molecule has 4 rings (SSSR count). The number of benzene rings is 3. The zero-order valence-electron chi connectivity index (χ0n) is 19.6. The van der Waals surface area contributed by atoms with Gasteiger partial charge in [0, 0.05) is 16.9 Å². The fraction of sp³-hybridized carbons (Fsp3) is 0.160. The van der Waals surface area contributed by atoms with Gasteiger partial charge in [0.15, 0.2) is 0 Å². The number of anilines is 2. The average Bonchev–Trinajstić information content (AvgIpc) is 3.37. The first-order valence-corrected chi connectivity index (χ1v) is 13.5. The Morgan fingerprint density at radius 3 is 2.42 bits per heavy atom. The standard InChI is InChI=1S/C25H24N4O5S2/c1-3-17-6-4-5-7-22(17)26-23(30)16-35-25-28-27-24(34-25)18-8-10-19(11-9-18)29-36(31,32)21-14-12-20(33-2)13-15-21/h4-15,29H,3,16H2,1-2H3,(H,26,30). The maximum absolute atomic E-state index is 12.6. The molecule has 0 spiro atoms. The van der Waals surface area contributed by atoms with E-state index >= 15 is 0 Å². The minimum atomic E-state index is -3.75. The van der Waals surface area contributed by atoms with Gasteiger partial charge in [-0.15, -0.1) is 10.2 Å². The van der Waals surface area contributed by atoms with Crippen molar-refractivity contribution in [3.8, 4) is 17.2 Å². The number of amides is 1. The van der Waals surface area contributed by atoms with Crippen molar-refractivity contribution in [1.82, 2.24) is 10.2 Å². The number of carbonyl (C=O) groups is 1. The van der Waals surface area contributed by atoms with Crippen LogP contribution in [0.5, 0.6) is 5.75 Å². The third kappa shape index (κ3) is 6.23. The second kappa shape index (κ2) is 11.3. The Bertz CT molecular complexity index is 1440. The molecule has 3 aromatic carbocycles. The molecule has 0 bridgehead atoms. The van der Waals surface area contributed by atoms with Crippen LogP contribution in [-0.2, 0) is 21.2 Å². The van der Waals surface area contributed by atoms with Gasteiger partial charge in [0.2, 0.25) is 11.8 Å². The summed E-state index contributed by atoms with van der Waals surface area (Å²) >= 11 is 1.14. The zero-order valence-corrected chi connectivity index (χ0v) is 21.2. The minimum Gasteiger partial charge on any atom is -0.497 e. The van der Waals surface area contributed by atoms with Crippen molar-refractivity contribution < 1.29 is 22.4 Å². The molecule has 1 aromatic heterocycles. The van der Waals surface area contributed by atoms with Crippen molar-refractivity contribution in [1.29, 1.82) is 0 Å². The number of hydrogen-bond donors (Lipinski definition) is 2. The third-order valence-corrected chi connectivity index (χ3v) is 7.38. The van der Waals surface area contributed by atoms with Gasteiger partial charge in [0.25, 0.3) is 15.2 Å². The van der Waals surface area contributed by atoms with Crippen LogP contribution in [0, 0.1) is 0 Å². The number of nitrogens with one attached hydrogen (secondary N) is 2. The maximum Gasteiger partial charge on any atom is 0.277 e. The molecule has 0 atom stereocenters. The second-order valence-electron chi connectivity index (χ2n) is 7.58. The number of aryl methyl sites for hydroxylation is 1. The van der Waals surface area contributed by atoms with Gasteiger partial charge in [-0.1, -0.05) is 36.9 Å². The van der Waals surface area contributed by atoms with E-state index < -0.39 is 10.0 Å². The molecule has 2 N–H and O–H groups in total. The van der Waals surface area contributed by atoms with Crippen molar-refractivity contribution in [3.63, 3.8) is 0 Å². The molecule has 0 aliphatic carbocycles. The van der Waals surface area contributed by atoms with Gasteiger partial charge in [0.05, 0.1) is 17.8 Å². The molecule has 9 nitrogen and oxygen atoms in total. The van der Waals surface area contributed by atoms with Crippen molar-refractivity contribution in [2.75, 3.05) is 22.9 Å². The summed E-state index contributed by atoms with van der Waals surface area (Å²) < 4.78 is 38.5. The number of rotatable bonds is 10. The summed E-state index contributed by atoms with van der Waals surface area (Å²) in [7, 11) is -2.24. The molecule has 4 aromatic rings. The van der Waals surface area contributed by atoms with Crippen LogP contribution in [0.2, 0.25) is 0 Å². The maximum atomic E-state index is 12.6. The minimum absolute atomic E-state index is 0.117. The lowest BCUT2D eigenvalue weighted by Gasteiger charge is -2.09. The molecule has 1 heterocycles. The molecule has 0 saturated heterocycles. The lowest BCUT2D eigenvalue weighted by molar-refractivity contribution is -0.113. The number of ether oxygens (including phenoxy) is 1. The summed E-state index contributed by atoms with van der Waals surface area (Å²) in [6, 6.07) is 20.3. The highest BCUT2D eigenvalue weighted by molar-refractivity contribution is 7.99. The lowest BCUT2D eigenvalue weighted by atomic mass is 10.1. The van der Waals surface area contributed by atoms with Gasteiger partial charge in [-0.05, 0) is 66.6 Å². The van der Waals surface area contributed by atoms with Crippen LogP contribution >= 0.6 is 11.8 Å². The topological polar surface area (TPSA) is 123 Å². The molecule has 0 unspecified atom stereocenters. The Balaban J connectivity index is 1.35. The van der Waals surface area contributed by atoms with E-state index in [1.807, 2.05) is 31.2 Å². The quantitative estimate of drug-likeness (QED) is 0.283.